The third kappa shape index (κ3) is 3.90. The first-order chi connectivity index (χ1) is 16.3. The summed E-state index contributed by atoms with van der Waals surface area (Å²) < 4.78 is 12.8. The van der Waals surface area contributed by atoms with E-state index in [1.165, 1.54) is 0 Å². The first kappa shape index (κ1) is 19.4. The predicted octanol–water partition coefficient (Wildman–Crippen LogP) is 3.82. The van der Waals surface area contributed by atoms with Crippen LogP contribution in [-0.2, 0) is 4.74 Å². The number of nitrogens with one attached hydrogen (secondary N) is 1. The standard InChI is InChI=1S/C24H21N7O2/c1-2-21-19(5-10-33-21)13-17(1)16-26-28-22-15-24(30-8-11-32-12-9-30)31-23(27-22)14-20(29-31)18-3-6-25-7-4-18/h1-7,10,13-16H,8-9,11-12H2,(H,27,28). The molecular weight excluding hydrogens is 418 g/mol. The highest BCUT2D eigenvalue weighted by molar-refractivity contribution is 5.88. The van der Waals surface area contributed by atoms with Gasteiger partial charge in [-0.2, -0.15) is 14.7 Å². The number of ether oxygens (including phenoxy) is 1. The number of anilines is 2. The summed E-state index contributed by atoms with van der Waals surface area (Å²) in [6.07, 6.45) is 6.98. The lowest BCUT2D eigenvalue weighted by atomic mass is 10.2. The molecule has 1 saturated heterocycles. The van der Waals surface area contributed by atoms with Gasteiger partial charge in [0.2, 0.25) is 0 Å². The molecule has 164 valence electrons. The highest BCUT2D eigenvalue weighted by atomic mass is 16.5. The average molecular weight is 439 g/mol. The minimum absolute atomic E-state index is 0.644. The van der Waals surface area contributed by atoms with Crippen molar-refractivity contribution in [1.29, 1.82) is 0 Å². The molecule has 5 aromatic rings. The third-order valence-corrected chi connectivity index (χ3v) is 5.59. The molecule has 0 bridgehead atoms. The van der Waals surface area contributed by atoms with Gasteiger partial charge in [-0.15, -0.1) is 0 Å². The smallest absolute Gasteiger partial charge is 0.160 e. The fraction of sp³-hybridized carbons (Fsp3) is 0.167. The van der Waals surface area contributed by atoms with E-state index < -0.39 is 0 Å². The number of furan rings is 1. The summed E-state index contributed by atoms with van der Waals surface area (Å²) in [5.74, 6) is 1.59. The highest BCUT2D eigenvalue weighted by Crippen LogP contribution is 2.25. The zero-order valence-corrected chi connectivity index (χ0v) is 17.8. The molecule has 1 aromatic carbocycles. The molecule has 1 N–H and O–H groups in total. The Labute approximate surface area is 189 Å². The second-order valence-corrected chi connectivity index (χ2v) is 7.72. The van der Waals surface area contributed by atoms with E-state index in [2.05, 4.69) is 20.4 Å². The van der Waals surface area contributed by atoms with Crippen LogP contribution in [0.25, 0.3) is 27.9 Å². The molecule has 9 heteroatoms. The molecule has 5 heterocycles. The minimum Gasteiger partial charge on any atom is -0.464 e. The van der Waals surface area contributed by atoms with Crippen LogP contribution >= 0.6 is 0 Å². The summed E-state index contributed by atoms with van der Waals surface area (Å²) in [4.78, 5) is 11.1. The summed E-state index contributed by atoms with van der Waals surface area (Å²) >= 11 is 0. The Balaban J connectivity index is 1.34. The van der Waals surface area contributed by atoms with E-state index in [-0.39, 0.29) is 0 Å². The van der Waals surface area contributed by atoms with E-state index in [0.717, 1.165) is 52.3 Å². The Bertz CT molecular complexity index is 1440. The van der Waals surface area contributed by atoms with Crippen molar-refractivity contribution in [3.05, 3.63) is 72.8 Å². The fourth-order valence-electron chi connectivity index (χ4n) is 3.94. The number of benzene rings is 1. The Hall–Kier alpha value is -4.24. The van der Waals surface area contributed by atoms with Crippen LogP contribution in [0, 0.1) is 0 Å². The maximum Gasteiger partial charge on any atom is 0.160 e. The van der Waals surface area contributed by atoms with E-state index in [1.54, 1.807) is 24.9 Å². The van der Waals surface area contributed by atoms with Crippen LogP contribution < -0.4 is 10.3 Å². The van der Waals surface area contributed by atoms with Crippen LogP contribution in [0.1, 0.15) is 5.56 Å². The molecule has 1 fully saturated rings. The van der Waals surface area contributed by atoms with Gasteiger partial charge in [0, 0.05) is 48.6 Å². The van der Waals surface area contributed by atoms with Crippen LogP contribution in [0.5, 0.6) is 0 Å². The molecule has 9 nitrogen and oxygen atoms in total. The van der Waals surface area contributed by atoms with E-state index >= 15 is 0 Å². The number of nitrogens with zero attached hydrogens (tertiary/aromatic N) is 6. The van der Waals surface area contributed by atoms with Gasteiger partial charge in [-0.05, 0) is 42.0 Å². The molecule has 0 aliphatic carbocycles. The molecule has 0 radical (unpaired) electrons. The lowest BCUT2D eigenvalue weighted by Crippen LogP contribution is -2.37. The van der Waals surface area contributed by atoms with Crippen molar-refractivity contribution in [3.8, 4) is 11.3 Å². The van der Waals surface area contributed by atoms with Crippen LogP contribution in [-0.4, -0.2) is 52.1 Å². The van der Waals surface area contributed by atoms with Gasteiger partial charge in [-0.1, -0.05) is 0 Å². The first-order valence-electron chi connectivity index (χ1n) is 10.7. The summed E-state index contributed by atoms with van der Waals surface area (Å²) in [5, 5.41) is 10.3. The molecule has 0 saturated carbocycles. The normalized spacial score (nSPS) is 14.5. The SMILES string of the molecule is C(=NNc1cc(N2CCOCC2)n2nc(-c3ccncc3)cc2n1)c1ccc2occc2c1. The maximum atomic E-state index is 5.54. The molecule has 0 spiro atoms. The average Bonchev–Trinajstić information content (AvgIpc) is 3.51. The van der Waals surface area contributed by atoms with E-state index in [9.17, 15) is 0 Å². The summed E-state index contributed by atoms with van der Waals surface area (Å²) in [6.45, 7) is 2.94. The number of pyridine rings is 1. The van der Waals surface area contributed by atoms with Gasteiger partial charge in [-0.25, -0.2) is 4.98 Å². The zero-order chi connectivity index (χ0) is 22.0. The van der Waals surface area contributed by atoms with E-state index in [4.69, 9.17) is 19.2 Å². The molecule has 0 unspecified atom stereocenters. The summed E-state index contributed by atoms with van der Waals surface area (Å²) in [5.41, 5.74) is 7.48. The van der Waals surface area contributed by atoms with Crippen LogP contribution in [0.3, 0.4) is 0 Å². The monoisotopic (exact) mass is 439 g/mol. The molecule has 0 amide bonds. The van der Waals surface area contributed by atoms with Gasteiger partial charge in [0.25, 0.3) is 0 Å². The van der Waals surface area contributed by atoms with Crippen molar-refractivity contribution in [3.63, 3.8) is 0 Å². The number of hydrazone groups is 1. The van der Waals surface area contributed by atoms with E-state index in [1.807, 2.05) is 53.0 Å². The Kier molecular flexibility index (Phi) is 4.93. The topological polar surface area (TPSA) is 93.1 Å². The summed E-state index contributed by atoms with van der Waals surface area (Å²) in [6, 6.07) is 15.7. The molecule has 0 atom stereocenters. The van der Waals surface area contributed by atoms with Gasteiger partial charge in [-0.3, -0.25) is 10.4 Å². The Morgan fingerprint density at radius 1 is 1.00 bits per heavy atom. The van der Waals surface area contributed by atoms with Gasteiger partial charge in [0.1, 0.15) is 11.4 Å². The molecule has 1 aliphatic heterocycles. The quantitative estimate of drug-likeness (QED) is 0.329. The molecule has 33 heavy (non-hydrogen) atoms. The largest absolute Gasteiger partial charge is 0.464 e. The van der Waals surface area contributed by atoms with Gasteiger partial charge in [0.05, 0.1) is 31.4 Å². The van der Waals surface area contributed by atoms with Crippen molar-refractivity contribution in [1.82, 2.24) is 19.6 Å². The van der Waals surface area contributed by atoms with Gasteiger partial charge >= 0.3 is 0 Å². The number of aromatic nitrogens is 4. The number of rotatable bonds is 5. The Morgan fingerprint density at radius 3 is 2.76 bits per heavy atom. The van der Waals surface area contributed by atoms with Crippen molar-refractivity contribution < 1.29 is 9.15 Å². The van der Waals surface area contributed by atoms with E-state index in [0.29, 0.717) is 19.0 Å². The predicted molar refractivity (Wildman–Crippen MR) is 127 cm³/mol. The first-order valence-corrected chi connectivity index (χ1v) is 10.7. The fourth-order valence-corrected chi connectivity index (χ4v) is 3.94. The second-order valence-electron chi connectivity index (χ2n) is 7.72. The summed E-state index contributed by atoms with van der Waals surface area (Å²) in [7, 11) is 0. The highest BCUT2D eigenvalue weighted by Gasteiger charge is 2.18. The van der Waals surface area contributed by atoms with Gasteiger partial charge in [0.15, 0.2) is 11.5 Å². The third-order valence-electron chi connectivity index (χ3n) is 5.59. The van der Waals surface area contributed by atoms with Crippen LogP contribution in [0.4, 0.5) is 11.6 Å². The second kappa shape index (κ2) is 8.36. The van der Waals surface area contributed by atoms with Crippen molar-refractivity contribution in [2.75, 3.05) is 36.6 Å². The number of fused-ring (bicyclic) bond motifs is 2. The minimum atomic E-state index is 0.644. The number of hydrogen-bond acceptors (Lipinski definition) is 8. The molecule has 4 aromatic heterocycles. The van der Waals surface area contributed by atoms with Crippen LogP contribution in [0.15, 0.2) is 76.7 Å². The lowest BCUT2D eigenvalue weighted by Gasteiger charge is -2.29. The van der Waals surface area contributed by atoms with Crippen LogP contribution in [0.2, 0.25) is 0 Å². The molecule has 1 aliphatic rings. The number of morpholine rings is 1. The zero-order valence-electron chi connectivity index (χ0n) is 17.8. The van der Waals surface area contributed by atoms with Gasteiger partial charge < -0.3 is 14.1 Å². The van der Waals surface area contributed by atoms with Crippen molar-refractivity contribution >= 4 is 34.5 Å². The maximum absolute atomic E-state index is 5.54. The number of hydrogen-bond donors (Lipinski definition) is 1. The Morgan fingerprint density at radius 2 is 1.88 bits per heavy atom. The van der Waals surface area contributed by atoms with Crippen molar-refractivity contribution in [2.45, 2.75) is 0 Å². The molecule has 6 rings (SSSR count). The molecular formula is C24H21N7O2. The lowest BCUT2D eigenvalue weighted by molar-refractivity contribution is 0.122. The van der Waals surface area contributed by atoms with Crippen molar-refractivity contribution in [2.24, 2.45) is 5.10 Å².